The fourth-order valence-corrected chi connectivity index (χ4v) is 1.54. The molecule has 1 aromatic carbocycles. The van der Waals surface area contributed by atoms with E-state index >= 15 is 0 Å². The van der Waals surface area contributed by atoms with Gasteiger partial charge in [-0.25, -0.2) is 0 Å². The minimum Gasteiger partial charge on any atom is -0.297 e. The molecule has 0 fully saturated rings. The predicted octanol–water partition coefficient (Wildman–Crippen LogP) is 3.56. The smallest absolute Gasteiger partial charge is 0.168 e. The van der Waals surface area contributed by atoms with E-state index in [1.54, 1.807) is 25.4 Å². The van der Waals surface area contributed by atoms with Crippen molar-refractivity contribution in [2.75, 3.05) is 7.05 Å². The van der Waals surface area contributed by atoms with E-state index in [1.807, 2.05) is 25.1 Å². The number of halogens is 1. The lowest BCUT2D eigenvalue weighted by molar-refractivity contribution is 0.0993. The standard InChI is InChI=1S/C13H14ClNO/c1-10(7-8-15-2)9-13(16)11-5-3-4-6-12(11)14/h3-8H,9H2,1-2H3/b10-7+,15-8?. The van der Waals surface area contributed by atoms with Crippen molar-refractivity contribution in [2.45, 2.75) is 13.3 Å². The summed E-state index contributed by atoms with van der Waals surface area (Å²) in [5.74, 6) is 0.0313. The Hall–Kier alpha value is -1.41. The highest BCUT2D eigenvalue weighted by Crippen LogP contribution is 2.18. The normalized spacial score (nSPS) is 12.1. The third kappa shape index (κ3) is 3.63. The molecule has 3 heteroatoms. The minimum atomic E-state index is 0.0313. The first-order valence-electron chi connectivity index (χ1n) is 5.00. The highest BCUT2D eigenvalue weighted by molar-refractivity contribution is 6.34. The summed E-state index contributed by atoms with van der Waals surface area (Å²) in [6, 6.07) is 7.09. The fraction of sp³-hybridized carbons (Fsp3) is 0.231. The van der Waals surface area contributed by atoms with E-state index in [2.05, 4.69) is 4.99 Å². The monoisotopic (exact) mass is 235 g/mol. The second-order valence-corrected chi connectivity index (χ2v) is 3.91. The molecule has 2 nitrogen and oxygen atoms in total. The molecule has 1 aromatic rings. The molecule has 0 aliphatic heterocycles. The van der Waals surface area contributed by atoms with Gasteiger partial charge in [0, 0.05) is 25.2 Å². The average molecular weight is 236 g/mol. The van der Waals surface area contributed by atoms with Crippen LogP contribution in [0.2, 0.25) is 5.02 Å². The molecule has 1 rings (SSSR count). The Labute approximate surface area is 101 Å². The number of aliphatic imine (C=N–C) groups is 1. The molecule has 0 radical (unpaired) electrons. The molecule has 0 aromatic heterocycles. The van der Waals surface area contributed by atoms with E-state index < -0.39 is 0 Å². The second kappa shape index (κ2) is 6.23. The van der Waals surface area contributed by atoms with Crippen LogP contribution >= 0.6 is 11.6 Å². The molecule has 84 valence electrons. The van der Waals surface area contributed by atoms with Crippen LogP contribution in [0.5, 0.6) is 0 Å². The Balaban J connectivity index is 2.77. The van der Waals surface area contributed by atoms with Crippen LogP contribution in [0, 0.1) is 0 Å². The van der Waals surface area contributed by atoms with Crippen molar-refractivity contribution < 1.29 is 4.79 Å². The van der Waals surface area contributed by atoms with Gasteiger partial charge in [-0.3, -0.25) is 9.79 Å². The highest BCUT2D eigenvalue weighted by Gasteiger charge is 2.09. The van der Waals surface area contributed by atoms with Gasteiger partial charge in [-0.1, -0.05) is 29.3 Å². The van der Waals surface area contributed by atoms with Crippen molar-refractivity contribution in [1.82, 2.24) is 0 Å². The van der Waals surface area contributed by atoms with Gasteiger partial charge in [-0.15, -0.1) is 0 Å². The Kier molecular flexibility index (Phi) is 4.93. The number of hydrogen-bond acceptors (Lipinski definition) is 2. The SMILES string of the molecule is CN=C/C=C(\C)CC(=O)c1ccccc1Cl. The zero-order chi connectivity index (χ0) is 12.0. The van der Waals surface area contributed by atoms with Crippen molar-refractivity contribution >= 4 is 23.6 Å². The van der Waals surface area contributed by atoms with Crippen molar-refractivity contribution in [1.29, 1.82) is 0 Å². The molecule has 0 unspecified atom stereocenters. The van der Waals surface area contributed by atoms with Crippen LogP contribution in [-0.2, 0) is 0 Å². The van der Waals surface area contributed by atoms with Crippen molar-refractivity contribution in [2.24, 2.45) is 4.99 Å². The number of rotatable bonds is 4. The van der Waals surface area contributed by atoms with E-state index in [0.29, 0.717) is 17.0 Å². The summed E-state index contributed by atoms with van der Waals surface area (Å²) in [5.41, 5.74) is 1.54. The van der Waals surface area contributed by atoms with Crippen molar-refractivity contribution in [3.05, 3.63) is 46.5 Å². The lowest BCUT2D eigenvalue weighted by Crippen LogP contribution is -2.00. The second-order valence-electron chi connectivity index (χ2n) is 3.50. The fourth-order valence-electron chi connectivity index (χ4n) is 1.30. The molecule has 0 bridgehead atoms. The molecule has 0 aliphatic carbocycles. The molecular formula is C13H14ClNO. The average Bonchev–Trinajstić information content (AvgIpc) is 2.26. The Morgan fingerprint density at radius 2 is 2.12 bits per heavy atom. The summed E-state index contributed by atoms with van der Waals surface area (Å²) in [7, 11) is 1.69. The summed E-state index contributed by atoms with van der Waals surface area (Å²) in [4.78, 5) is 15.7. The van der Waals surface area contributed by atoms with Gasteiger partial charge in [0.05, 0.1) is 5.02 Å². The number of ketones is 1. The summed E-state index contributed by atoms with van der Waals surface area (Å²) >= 11 is 5.94. The van der Waals surface area contributed by atoms with Gasteiger partial charge in [0.1, 0.15) is 0 Å². The highest BCUT2D eigenvalue weighted by atomic mass is 35.5. The molecule has 16 heavy (non-hydrogen) atoms. The van der Waals surface area contributed by atoms with Crippen molar-refractivity contribution in [3.63, 3.8) is 0 Å². The summed E-state index contributed by atoms with van der Waals surface area (Å²) < 4.78 is 0. The maximum Gasteiger partial charge on any atom is 0.168 e. The number of allylic oxidation sites excluding steroid dienone is 2. The molecule has 0 N–H and O–H groups in total. The molecule has 0 spiro atoms. The minimum absolute atomic E-state index is 0.0313. The number of Topliss-reactive ketones (excluding diaryl/α,β-unsaturated/α-hetero) is 1. The topological polar surface area (TPSA) is 29.4 Å². The maximum atomic E-state index is 11.9. The Bertz CT molecular complexity index is 435. The third-order valence-electron chi connectivity index (χ3n) is 2.12. The number of carbonyl (C=O) groups is 1. The number of nitrogens with zero attached hydrogens (tertiary/aromatic N) is 1. The van der Waals surface area contributed by atoms with Gasteiger partial charge >= 0.3 is 0 Å². The van der Waals surface area contributed by atoms with Gasteiger partial charge in [-0.2, -0.15) is 0 Å². The maximum absolute atomic E-state index is 11.9. The van der Waals surface area contributed by atoms with E-state index in [9.17, 15) is 4.79 Å². The number of benzene rings is 1. The van der Waals surface area contributed by atoms with Crippen LogP contribution in [0.3, 0.4) is 0 Å². The quantitative estimate of drug-likeness (QED) is 0.580. The first-order valence-corrected chi connectivity index (χ1v) is 5.38. The van der Waals surface area contributed by atoms with E-state index in [-0.39, 0.29) is 5.78 Å². The zero-order valence-electron chi connectivity index (χ0n) is 9.40. The van der Waals surface area contributed by atoms with Crippen molar-refractivity contribution in [3.8, 4) is 0 Å². The molecule has 0 saturated heterocycles. The Morgan fingerprint density at radius 1 is 1.44 bits per heavy atom. The first kappa shape index (κ1) is 12.7. The van der Waals surface area contributed by atoms with Crippen LogP contribution in [0.15, 0.2) is 40.9 Å². The molecular weight excluding hydrogens is 222 g/mol. The zero-order valence-corrected chi connectivity index (χ0v) is 10.2. The largest absolute Gasteiger partial charge is 0.297 e. The van der Waals surface area contributed by atoms with Crippen LogP contribution in [0.4, 0.5) is 0 Å². The van der Waals surface area contributed by atoms with E-state index in [4.69, 9.17) is 11.6 Å². The van der Waals surface area contributed by atoms with Crippen LogP contribution in [0.25, 0.3) is 0 Å². The summed E-state index contributed by atoms with van der Waals surface area (Å²) in [5, 5.41) is 0.504. The third-order valence-corrected chi connectivity index (χ3v) is 2.45. The molecule has 0 atom stereocenters. The molecule has 0 heterocycles. The van der Waals surface area contributed by atoms with Gasteiger partial charge in [-0.05, 0) is 25.1 Å². The lowest BCUT2D eigenvalue weighted by Gasteiger charge is -2.02. The summed E-state index contributed by atoms with van der Waals surface area (Å²) in [6.07, 6.45) is 3.87. The van der Waals surface area contributed by atoms with Gasteiger partial charge < -0.3 is 0 Å². The molecule has 0 aliphatic rings. The predicted molar refractivity (Wildman–Crippen MR) is 68.6 cm³/mol. The number of hydrogen-bond donors (Lipinski definition) is 0. The van der Waals surface area contributed by atoms with Gasteiger partial charge in [0.2, 0.25) is 0 Å². The van der Waals surface area contributed by atoms with Crippen LogP contribution < -0.4 is 0 Å². The van der Waals surface area contributed by atoms with E-state index in [0.717, 1.165) is 5.57 Å². The van der Waals surface area contributed by atoms with Crippen LogP contribution in [-0.4, -0.2) is 19.0 Å². The van der Waals surface area contributed by atoms with Gasteiger partial charge in [0.25, 0.3) is 0 Å². The number of carbonyl (C=O) groups excluding carboxylic acids is 1. The lowest BCUT2D eigenvalue weighted by atomic mass is 10.0. The Morgan fingerprint density at radius 3 is 2.75 bits per heavy atom. The molecule has 0 saturated carbocycles. The van der Waals surface area contributed by atoms with Crippen LogP contribution in [0.1, 0.15) is 23.7 Å². The van der Waals surface area contributed by atoms with E-state index in [1.165, 1.54) is 0 Å². The first-order chi connectivity index (χ1) is 7.65. The van der Waals surface area contributed by atoms with Gasteiger partial charge in [0.15, 0.2) is 5.78 Å². The summed E-state index contributed by atoms with van der Waals surface area (Å²) in [6.45, 7) is 1.90. The molecule has 0 amide bonds.